The number of rotatable bonds is 1. The van der Waals surface area contributed by atoms with E-state index in [-0.39, 0.29) is 5.75 Å². The monoisotopic (exact) mass is 349 g/mol. The van der Waals surface area contributed by atoms with Gasteiger partial charge in [-0.3, -0.25) is 0 Å². The molecule has 0 radical (unpaired) electrons. The van der Waals surface area contributed by atoms with Crippen LogP contribution in [0.1, 0.15) is 26.3 Å². The van der Waals surface area contributed by atoms with Crippen molar-refractivity contribution in [2.75, 3.05) is 0 Å². The molecule has 0 bridgehead atoms. The second-order valence-corrected chi connectivity index (χ2v) is 6.22. The van der Waals surface area contributed by atoms with Gasteiger partial charge in [0.05, 0.1) is 10.0 Å². The van der Waals surface area contributed by atoms with Crippen LogP contribution in [0.3, 0.4) is 0 Å². The summed E-state index contributed by atoms with van der Waals surface area (Å²) in [6.45, 7) is 5.42. The lowest BCUT2D eigenvalue weighted by Crippen LogP contribution is -2.29. The fourth-order valence-corrected chi connectivity index (χ4v) is 2.26. The highest BCUT2D eigenvalue weighted by atomic mass is 79.9. The predicted octanol–water partition coefficient (Wildman–Crippen LogP) is 3.64. The highest BCUT2D eigenvalue weighted by Gasteiger charge is 2.19. The van der Waals surface area contributed by atoms with Crippen molar-refractivity contribution >= 4 is 38.1 Å². The average molecular weight is 351 g/mol. The summed E-state index contributed by atoms with van der Waals surface area (Å²) < 4.78 is 2.17. The minimum Gasteiger partial charge on any atom is -0.623 e. The van der Waals surface area contributed by atoms with Crippen LogP contribution in [-0.2, 0) is 0 Å². The second kappa shape index (κ2) is 4.75. The zero-order chi connectivity index (χ0) is 12.5. The van der Waals surface area contributed by atoms with Crippen molar-refractivity contribution in [3.8, 4) is 5.75 Å². The van der Waals surface area contributed by atoms with Crippen LogP contribution in [0, 0.1) is 5.21 Å². The summed E-state index contributed by atoms with van der Waals surface area (Å²) >= 11 is 6.52. The Hall–Kier alpha value is -0.550. The molecule has 0 aliphatic rings. The Morgan fingerprint density at radius 3 is 2.38 bits per heavy atom. The number of hydrogen-bond acceptors (Lipinski definition) is 2. The minimum atomic E-state index is -0.527. The number of hydrogen-bond donors (Lipinski definition) is 1. The Bertz CT molecular complexity index is 436. The first-order valence-corrected chi connectivity index (χ1v) is 6.30. The summed E-state index contributed by atoms with van der Waals surface area (Å²) in [4.78, 5) is 0. The van der Waals surface area contributed by atoms with Crippen molar-refractivity contribution in [2.45, 2.75) is 26.3 Å². The van der Waals surface area contributed by atoms with Gasteiger partial charge < -0.3 is 10.3 Å². The normalized spacial score (nSPS) is 12.9. The summed E-state index contributed by atoms with van der Waals surface area (Å²) in [6, 6.07) is 3.41. The Morgan fingerprint density at radius 1 is 1.31 bits per heavy atom. The van der Waals surface area contributed by atoms with Gasteiger partial charge in [0.2, 0.25) is 0 Å². The number of halogens is 2. The van der Waals surface area contributed by atoms with Crippen molar-refractivity contribution in [3.05, 3.63) is 31.8 Å². The fourth-order valence-electron chi connectivity index (χ4n) is 1.00. The SMILES string of the molecule is CC(C)(C)[N+]([O-])=Cc1cc(Br)cc(Br)c1O. The molecule has 16 heavy (non-hydrogen) atoms. The van der Waals surface area contributed by atoms with E-state index in [9.17, 15) is 10.3 Å². The number of aromatic hydroxyl groups is 1. The Balaban J connectivity index is 3.25. The van der Waals surface area contributed by atoms with Crippen LogP contribution in [-0.4, -0.2) is 21.6 Å². The van der Waals surface area contributed by atoms with E-state index in [2.05, 4.69) is 31.9 Å². The molecule has 0 atom stereocenters. The molecule has 1 aromatic carbocycles. The van der Waals surface area contributed by atoms with Crippen LogP contribution in [0.4, 0.5) is 0 Å². The molecule has 0 amide bonds. The highest BCUT2D eigenvalue weighted by molar-refractivity contribution is 9.11. The van der Waals surface area contributed by atoms with Gasteiger partial charge in [0.1, 0.15) is 5.75 Å². The number of hydroxylamine groups is 1. The maximum Gasteiger partial charge on any atom is 0.186 e. The van der Waals surface area contributed by atoms with Gasteiger partial charge in [-0.05, 0) is 28.1 Å². The van der Waals surface area contributed by atoms with E-state index < -0.39 is 5.54 Å². The molecule has 5 heteroatoms. The molecule has 0 saturated heterocycles. The molecule has 0 fully saturated rings. The van der Waals surface area contributed by atoms with E-state index in [1.165, 1.54) is 6.21 Å². The quantitative estimate of drug-likeness (QED) is 0.363. The first-order chi connectivity index (χ1) is 7.21. The van der Waals surface area contributed by atoms with Crippen molar-refractivity contribution in [3.63, 3.8) is 0 Å². The molecule has 0 heterocycles. The van der Waals surface area contributed by atoms with Crippen LogP contribution < -0.4 is 0 Å². The lowest BCUT2D eigenvalue weighted by molar-refractivity contribution is -0.530. The fraction of sp³-hybridized carbons (Fsp3) is 0.364. The van der Waals surface area contributed by atoms with E-state index in [0.717, 1.165) is 9.21 Å². The smallest absolute Gasteiger partial charge is 0.186 e. The van der Waals surface area contributed by atoms with Crippen LogP contribution in [0.15, 0.2) is 21.1 Å². The zero-order valence-electron chi connectivity index (χ0n) is 9.29. The first kappa shape index (κ1) is 13.5. The average Bonchev–Trinajstić information content (AvgIpc) is 2.11. The summed E-state index contributed by atoms with van der Waals surface area (Å²) in [7, 11) is 0. The van der Waals surface area contributed by atoms with Crippen molar-refractivity contribution < 1.29 is 9.85 Å². The van der Waals surface area contributed by atoms with Gasteiger partial charge in [-0.15, -0.1) is 0 Å². The third-order valence-corrected chi connectivity index (χ3v) is 3.04. The Morgan fingerprint density at radius 2 is 1.88 bits per heavy atom. The molecule has 0 spiro atoms. The van der Waals surface area contributed by atoms with Gasteiger partial charge in [-0.2, -0.15) is 0 Å². The predicted molar refractivity (Wildman–Crippen MR) is 72.1 cm³/mol. The number of nitrogens with zero attached hydrogens (tertiary/aromatic N) is 1. The van der Waals surface area contributed by atoms with Gasteiger partial charge in [0.25, 0.3) is 0 Å². The highest BCUT2D eigenvalue weighted by Crippen LogP contribution is 2.30. The molecule has 0 aromatic heterocycles. The van der Waals surface area contributed by atoms with Crippen LogP contribution >= 0.6 is 31.9 Å². The van der Waals surface area contributed by atoms with Gasteiger partial charge >= 0.3 is 0 Å². The Labute approximate surface area is 112 Å². The molecule has 1 rings (SSSR count). The number of benzene rings is 1. The minimum absolute atomic E-state index is 0.0632. The topological polar surface area (TPSA) is 46.3 Å². The first-order valence-electron chi connectivity index (χ1n) is 4.71. The molecule has 1 aromatic rings. The van der Waals surface area contributed by atoms with Crippen molar-refractivity contribution in [1.29, 1.82) is 0 Å². The third-order valence-electron chi connectivity index (χ3n) is 1.98. The summed E-state index contributed by atoms with van der Waals surface area (Å²) in [5.41, 5.74) is -0.0486. The van der Waals surface area contributed by atoms with E-state index >= 15 is 0 Å². The van der Waals surface area contributed by atoms with Gasteiger partial charge in [-0.25, -0.2) is 4.74 Å². The maximum atomic E-state index is 11.7. The molecule has 3 nitrogen and oxygen atoms in total. The van der Waals surface area contributed by atoms with E-state index in [1.54, 1.807) is 32.9 Å². The lowest BCUT2D eigenvalue weighted by Gasteiger charge is -2.18. The molecule has 0 aliphatic heterocycles. The summed E-state index contributed by atoms with van der Waals surface area (Å²) in [5, 5.41) is 21.5. The molecule has 0 saturated carbocycles. The zero-order valence-corrected chi connectivity index (χ0v) is 12.5. The molecule has 88 valence electrons. The molecule has 0 unspecified atom stereocenters. The second-order valence-electron chi connectivity index (χ2n) is 4.45. The van der Waals surface area contributed by atoms with Gasteiger partial charge in [0.15, 0.2) is 11.8 Å². The summed E-state index contributed by atoms with van der Waals surface area (Å²) in [5.74, 6) is 0.0632. The van der Waals surface area contributed by atoms with Crippen LogP contribution in [0.25, 0.3) is 0 Å². The number of phenolic OH excluding ortho intramolecular Hbond substituents is 1. The van der Waals surface area contributed by atoms with E-state index in [1.807, 2.05) is 0 Å². The van der Waals surface area contributed by atoms with Crippen molar-refractivity contribution in [2.24, 2.45) is 0 Å². The maximum absolute atomic E-state index is 11.7. The van der Waals surface area contributed by atoms with Gasteiger partial charge in [-0.1, -0.05) is 15.9 Å². The van der Waals surface area contributed by atoms with Gasteiger partial charge in [0, 0.05) is 25.2 Å². The molecular formula is C11H13Br2NO2. The van der Waals surface area contributed by atoms with Crippen molar-refractivity contribution in [1.82, 2.24) is 0 Å². The van der Waals surface area contributed by atoms with E-state index in [4.69, 9.17) is 0 Å². The Kier molecular flexibility index (Phi) is 4.02. The number of phenols is 1. The molecule has 1 N–H and O–H groups in total. The summed E-state index contributed by atoms with van der Waals surface area (Å²) in [6.07, 6.45) is 1.38. The molecular weight excluding hydrogens is 338 g/mol. The standard InChI is InChI=1S/C11H13Br2NO2/c1-11(2,3)14(16)6-7-4-8(12)5-9(13)10(7)15/h4-6,15H,1-3H3. The van der Waals surface area contributed by atoms with E-state index in [0.29, 0.717) is 10.0 Å². The molecule has 0 aliphatic carbocycles. The van der Waals surface area contributed by atoms with Crippen LogP contribution in [0.2, 0.25) is 0 Å². The lowest BCUT2D eigenvalue weighted by atomic mass is 10.1. The van der Waals surface area contributed by atoms with Crippen LogP contribution in [0.5, 0.6) is 5.75 Å². The largest absolute Gasteiger partial charge is 0.623 e. The third kappa shape index (κ3) is 3.22.